The standard InChI is InChI=1S/C13H19FN2O/c1-2-17-12-7-10(8-16-9-12)13(14)5-3-11(15)4-6-13/h7-9,11H,2-6,15H2,1H3. The van der Waals surface area contributed by atoms with Crippen LogP contribution in [-0.2, 0) is 5.67 Å². The second kappa shape index (κ2) is 5.00. The molecule has 2 rings (SSSR count). The predicted octanol–water partition coefficient (Wildman–Crippen LogP) is 2.55. The number of nitrogens with zero attached hydrogens (tertiary/aromatic N) is 1. The van der Waals surface area contributed by atoms with Crippen molar-refractivity contribution < 1.29 is 9.13 Å². The van der Waals surface area contributed by atoms with Crippen molar-refractivity contribution in [1.82, 2.24) is 4.98 Å². The molecule has 1 fully saturated rings. The monoisotopic (exact) mass is 238 g/mol. The molecule has 94 valence electrons. The van der Waals surface area contributed by atoms with Gasteiger partial charge in [-0.15, -0.1) is 0 Å². The molecule has 1 saturated carbocycles. The Morgan fingerprint density at radius 1 is 1.47 bits per heavy atom. The van der Waals surface area contributed by atoms with Gasteiger partial charge in [0.15, 0.2) is 0 Å². The summed E-state index contributed by atoms with van der Waals surface area (Å²) < 4.78 is 20.1. The van der Waals surface area contributed by atoms with Crippen LogP contribution < -0.4 is 10.5 Å². The van der Waals surface area contributed by atoms with Crippen LogP contribution in [0.4, 0.5) is 4.39 Å². The van der Waals surface area contributed by atoms with E-state index in [0.29, 0.717) is 30.8 Å². The minimum absolute atomic E-state index is 0.141. The van der Waals surface area contributed by atoms with Crippen molar-refractivity contribution in [2.24, 2.45) is 5.73 Å². The van der Waals surface area contributed by atoms with Gasteiger partial charge in [0, 0.05) is 17.8 Å². The summed E-state index contributed by atoms with van der Waals surface area (Å²) in [4.78, 5) is 4.05. The zero-order chi connectivity index (χ0) is 12.3. The van der Waals surface area contributed by atoms with Crippen LogP contribution >= 0.6 is 0 Å². The molecule has 3 nitrogen and oxygen atoms in total. The van der Waals surface area contributed by atoms with Crippen molar-refractivity contribution in [2.45, 2.75) is 44.3 Å². The van der Waals surface area contributed by atoms with Gasteiger partial charge in [-0.2, -0.15) is 0 Å². The molecule has 0 aliphatic heterocycles. The molecule has 0 saturated heterocycles. The van der Waals surface area contributed by atoms with Crippen LogP contribution in [0.15, 0.2) is 18.5 Å². The van der Waals surface area contributed by atoms with Crippen molar-refractivity contribution in [3.8, 4) is 5.75 Å². The molecule has 1 aliphatic rings. The Hall–Kier alpha value is -1.16. The Morgan fingerprint density at radius 3 is 2.82 bits per heavy atom. The Balaban J connectivity index is 2.17. The molecule has 1 heterocycles. The average Bonchev–Trinajstić information content (AvgIpc) is 2.34. The lowest BCUT2D eigenvalue weighted by Crippen LogP contribution is -2.34. The Kier molecular flexibility index (Phi) is 3.62. The van der Waals surface area contributed by atoms with E-state index in [9.17, 15) is 4.39 Å². The number of ether oxygens (including phenoxy) is 1. The van der Waals surface area contributed by atoms with Crippen LogP contribution in [0.1, 0.15) is 38.2 Å². The largest absolute Gasteiger partial charge is 0.492 e. The van der Waals surface area contributed by atoms with Gasteiger partial charge in [-0.05, 0) is 38.7 Å². The summed E-state index contributed by atoms with van der Waals surface area (Å²) in [6.45, 7) is 2.47. The first-order valence-corrected chi connectivity index (χ1v) is 6.17. The second-order valence-electron chi connectivity index (χ2n) is 4.65. The number of pyridine rings is 1. The summed E-state index contributed by atoms with van der Waals surface area (Å²) >= 11 is 0. The fraction of sp³-hybridized carbons (Fsp3) is 0.615. The quantitative estimate of drug-likeness (QED) is 0.880. The highest BCUT2D eigenvalue weighted by molar-refractivity contribution is 5.28. The molecule has 0 radical (unpaired) electrons. The third-order valence-electron chi connectivity index (χ3n) is 3.36. The summed E-state index contributed by atoms with van der Waals surface area (Å²) in [6, 6.07) is 1.90. The lowest BCUT2D eigenvalue weighted by Gasteiger charge is -2.32. The summed E-state index contributed by atoms with van der Waals surface area (Å²) in [5, 5.41) is 0. The van der Waals surface area contributed by atoms with Gasteiger partial charge in [-0.25, -0.2) is 4.39 Å². The number of hydrogen-bond donors (Lipinski definition) is 1. The molecule has 0 atom stereocenters. The molecular weight excluding hydrogens is 219 g/mol. The van der Waals surface area contributed by atoms with Crippen LogP contribution in [0.3, 0.4) is 0 Å². The molecule has 0 amide bonds. The molecule has 0 spiro atoms. The maximum absolute atomic E-state index is 14.7. The van der Waals surface area contributed by atoms with Gasteiger partial charge in [0.1, 0.15) is 11.4 Å². The number of aromatic nitrogens is 1. The van der Waals surface area contributed by atoms with E-state index in [-0.39, 0.29) is 6.04 Å². The highest BCUT2D eigenvalue weighted by Crippen LogP contribution is 2.40. The predicted molar refractivity (Wildman–Crippen MR) is 64.6 cm³/mol. The number of halogens is 1. The normalized spacial score (nSPS) is 29.0. The minimum Gasteiger partial charge on any atom is -0.492 e. The van der Waals surface area contributed by atoms with E-state index in [0.717, 1.165) is 12.8 Å². The Morgan fingerprint density at radius 2 is 2.18 bits per heavy atom. The lowest BCUT2D eigenvalue weighted by atomic mass is 9.80. The second-order valence-corrected chi connectivity index (χ2v) is 4.65. The first-order chi connectivity index (χ1) is 8.14. The summed E-state index contributed by atoms with van der Waals surface area (Å²) in [7, 11) is 0. The molecule has 1 aromatic rings. The van der Waals surface area contributed by atoms with Crippen molar-refractivity contribution in [1.29, 1.82) is 0 Å². The van der Waals surface area contributed by atoms with Crippen LogP contribution in [0.2, 0.25) is 0 Å². The minimum atomic E-state index is -1.28. The van der Waals surface area contributed by atoms with Crippen molar-refractivity contribution in [2.75, 3.05) is 6.61 Å². The Labute approximate surface area is 101 Å². The SMILES string of the molecule is CCOc1cncc(C2(F)CCC(N)CC2)c1. The van der Waals surface area contributed by atoms with E-state index in [2.05, 4.69) is 4.98 Å². The zero-order valence-corrected chi connectivity index (χ0v) is 10.2. The number of alkyl halides is 1. The third-order valence-corrected chi connectivity index (χ3v) is 3.36. The van der Waals surface area contributed by atoms with E-state index in [1.807, 2.05) is 6.92 Å². The average molecular weight is 238 g/mol. The van der Waals surface area contributed by atoms with Gasteiger partial charge in [0.2, 0.25) is 0 Å². The van der Waals surface area contributed by atoms with E-state index < -0.39 is 5.67 Å². The topological polar surface area (TPSA) is 48.1 Å². The highest BCUT2D eigenvalue weighted by Gasteiger charge is 2.36. The van der Waals surface area contributed by atoms with Crippen LogP contribution in [0.5, 0.6) is 5.75 Å². The number of nitrogens with two attached hydrogens (primary N) is 1. The third kappa shape index (κ3) is 2.75. The van der Waals surface area contributed by atoms with Crippen LogP contribution in [-0.4, -0.2) is 17.6 Å². The van der Waals surface area contributed by atoms with Crippen LogP contribution in [0, 0.1) is 0 Å². The first-order valence-electron chi connectivity index (χ1n) is 6.17. The summed E-state index contributed by atoms with van der Waals surface area (Å²) in [5.41, 5.74) is 5.14. The fourth-order valence-corrected chi connectivity index (χ4v) is 2.30. The van der Waals surface area contributed by atoms with Gasteiger partial charge in [0.25, 0.3) is 0 Å². The highest BCUT2D eigenvalue weighted by atomic mass is 19.1. The van der Waals surface area contributed by atoms with Gasteiger partial charge in [-0.1, -0.05) is 0 Å². The van der Waals surface area contributed by atoms with Crippen molar-refractivity contribution in [3.05, 3.63) is 24.0 Å². The number of hydrogen-bond acceptors (Lipinski definition) is 3. The fourth-order valence-electron chi connectivity index (χ4n) is 2.30. The smallest absolute Gasteiger partial charge is 0.137 e. The summed E-state index contributed by atoms with van der Waals surface area (Å²) in [6.07, 6.45) is 5.63. The van der Waals surface area contributed by atoms with E-state index in [1.165, 1.54) is 0 Å². The van der Waals surface area contributed by atoms with Gasteiger partial charge in [-0.3, -0.25) is 4.98 Å². The van der Waals surface area contributed by atoms with Gasteiger partial charge >= 0.3 is 0 Å². The molecule has 2 N–H and O–H groups in total. The van der Waals surface area contributed by atoms with Crippen LogP contribution in [0.25, 0.3) is 0 Å². The molecule has 0 bridgehead atoms. The lowest BCUT2D eigenvalue weighted by molar-refractivity contribution is 0.0971. The molecular formula is C13H19FN2O. The van der Waals surface area contributed by atoms with E-state index in [4.69, 9.17) is 10.5 Å². The van der Waals surface area contributed by atoms with Gasteiger partial charge < -0.3 is 10.5 Å². The van der Waals surface area contributed by atoms with E-state index >= 15 is 0 Å². The maximum Gasteiger partial charge on any atom is 0.137 e. The summed E-state index contributed by atoms with van der Waals surface area (Å²) in [5.74, 6) is 0.636. The maximum atomic E-state index is 14.7. The number of rotatable bonds is 3. The molecule has 1 aromatic heterocycles. The first kappa shape index (κ1) is 12.3. The van der Waals surface area contributed by atoms with Gasteiger partial charge in [0.05, 0.1) is 12.8 Å². The molecule has 4 heteroatoms. The Bertz CT molecular complexity index is 375. The molecule has 0 aromatic carbocycles. The van der Waals surface area contributed by atoms with Crippen molar-refractivity contribution >= 4 is 0 Å². The van der Waals surface area contributed by atoms with Crippen molar-refractivity contribution in [3.63, 3.8) is 0 Å². The molecule has 1 aliphatic carbocycles. The molecule has 0 unspecified atom stereocenters. The van der Waals surface area contributed by atoms with E-state index in [1.54, 1.807) is 18.5 Å². The zero-order valence-electron chi connectivity index (χ0n) is 10.2. The molecule has 17 heavy (non-hydrogen) atoms.